The average molecular weight is 357 g/mol. The SMILES string of the molecule is COc1ccc(Br)cc1C(=O)CCC(=O)NCCCCN. The molecule has 0 aliphatic heterocycles. The van der Waals surface area contributed by atoms with E-state index in [1.54, 1.807) is 18.2 Å². The number of ketones is 1. The second kappa shape index (κ2) is 9.52. The number of halogens is 1. The highest BCUT2D eigenvalue weighted by molar-refractivity contribution is 9.10. The van der Waals surface area contributed by atoms with Gasteiger partial charge in [-0.05, 0) is 37.6 Å². The van der Waals surface area contributed by atoms with Crippen LogP contribution in [0.3, 0.4) is 0 Å². The van der Waals surface area contributed by atoms with Crippen molar-refractivity contribution in [1.29, 1.82) is 0 Å². The number of amides is 1. The highest BCUT2D eigenvalue weighted by Gasteiger charge is 2.14. The molecule has 3 N–H and O–H groups in total. The number of unbranched alkanes of at least 4 members (excludes halogenated alkanes) is 1. The maximum absolute atomic E-state index is 12.2. The third kappa shape index (κ3) is 6.27. The van der Waals surface area contributed by atoms with Crippen LogP contribution in [0.2, 0.25) is 0 Å². The minimum Gasteiger partial charge on any atom is -0.496 e. The molecule has 1 aromatic rings. The van der Waals surface area contributed by atoms with Crippen molar-refractivity contribution in [2.75, 3.05) is 20.2 Å². The third-order valence-corrected chi connectivity index (χ3v) is 3.49. The topological polar surface area (TPSA) is 81.4 Å². The smallest absolute Gasteiger partial charge is 0.220 e. The van der Waals surface area contributed by atoms with Gasteiger partial charge in [0.25, 0.3) is 0 Å². The first-order valence-corrected chi connectivity index (χ1v) is 7.71. The van der Waals surface area contributed by atoms with Crippen LogP contribution in [0, 0.1) is 0 Å². The average Bonchev–Trinajstić information content (AvgIpc) is 2.49. The minimum atomic E-state index is -0.116. The first kappa shape index (κ1) is 17.7. The van der Waals surface area contributed by atoms with Crippen LogP contribution in [0.5, 0.6) is 5.75 Å². The molecule has 0 heterocycles. The molecule has 1 amide bonds. The molecule has 0 spiro atoms. The first-order chi connectivity index (χ1) is 10.1. The van der Waals surface area contributed by atoms with Gasteiger partial charge < -0.3 is 15.8 Å². The number of benzene rings is 1. The van der Waals surface area contributed by atoms with Crippen molar-refractivity contribution in [2.45, 2.75) is 25.7 Å². The summed E-state index contributed by atoms with van der Waals surface area (Å²) in [4.78, 5) is 23.8. The summed E-state index contributed by atoms with van der Waals surface area (Å²) in [5.41, 5.74) is 5.86. The Kier molecular flexibility index (Phi) is 8.00. The van der Waals surface area contributed by atoms with E-state index in [1.807, 2.05) is 0 Å². The van der Waals surface area contributed by atoms with E-state index >= 15 is 0 Å². The molecule has 1 aromatic carbocycles. The van der Waals surface area contributed by atoms with Gasteiger partial charge in [0.05, 0.1) is 12.7 Å². The Morgan fingerprint density at radius 3 is 2.71 bits per heavy atom. The van der Waals surface area contributed by atoms with Gasteiger partial charge in [0.15, 0.2) is 5.78 Å². The molecule has 0 aliphatic carbocycles. The summed E-state index contributed by atoms with van der Waals surface area (Å²) < 4.78 is 5.97. The molecule has 0 saturated heterocycles. The summed E-state index contributed by atoms with van der Waals surface area (Å²) in [5.74, 6) is 0.297. The normalized spacial score (nSPS) is 10.2. The van der Waals surface area contributed by atoms with E-state index in [0.717, 1.165) is 17.3 Å². The Morgan fingerprint density at radius 1 is 1.29 bits per heavy atom. The monoisotopic (exact) mass is 356 g/mol. The zero-order valence-corrected chi connectivity index (χ0v) is 13.7. The maximum Gasteiger partial charge on any atom is 0.220 e. The van der Waals surface area contributed by atoms with Crippen molar-refractivity contribution in [1.82, 2.24) is 5.32 Å². The predicted octanol–water partition coefficient (Wildman–Crippen LogP) is 2.28. The molecular weight excluding hydrogens is 336 g/mol. The molecule has 0 aromatic heterocycles. The Balaban J connectivity index is 2.46. The summed E-state index contributed by atoms with van der Waals surface area (Å²) in [7, 11) is 1.52. The van der Waals surface area contributed by atoms with Crippen molar-refractivity contribution in [3.63, 3.8) is 0 Å². The van der Waals surface area contributed by atoms with Gasteiger partial charge in [-0.25, -0.2) is 0 Å². The highest BCUT2D eigenvalue weighted by atomic mass is 79.9. The van der Waals surface area contributed by atoms with Crippen LogP contribution in [-0.2, 0) is 4.79 Å². The Labute approximate surface area is 133 Å². The first-order valence-electron chi connectivity index (χ1n) is 6.92. The Bertz CT molecular complexity index is 492. The number of ether oxygens (including phenoxy) is 1. The van der Waals surface area contributed by atoms with Crippen LogP contribution in [-0.4, -0.2) is 31.9 Å². The summed E-state index contributed by atoms with van der Waals surface area (Å²) in [6, 6.07) is 5.24. The fraction of sp³-hybridized carbons (Fsp3) is 0.467. The van der Waals surface area contributed by atoms with Crippen molar-refractivity contribution in [3.05, 3.63) is 28.2 Å². The number of hydrogen-bond donors (Lipinski definition) is 2. The van der Waals surface area contributed by atoms with Gasteiger partial charge >= 0.3 is 0 Å². The van der Waals surface area contributed by atoms with E-state index in [0.29, 0.717) is 24.4 Å². The summed E-state index contributed by atoms with van der Waals surface area (Å²) in [6.45, 7) is 1.22. The van der Waals surface area contributed by atoms with Crippen molar-refractivity contribution in [3.8, 4) is 5.75 Å². The highest BCUT2D eigenvalue weighted by Crippen LogP contribution is 2.24. The lowest BCUT2D eigenvalue weighted by Crippen LogP contribution is -2.25. The molecule has 0 radical (unpaired) electrons. The molecule has 1 rings (SSSR count). The number of nitrogens with one attached hydrogen (secondary N) is 1. The van der Waals surface area contributed by atoms with Gasteiger partial charge in [0.2, 0.25) is 5.91 Å². The molecule has 116 valence electrons. The van der Waals surface area contributed by atoms with Crippen LogP contribution in [0.4, 0.5) is 0 Å². The van der Waals surface area contributed by atoms with E-state index in [9.17, 15) is 9.59 Å². The molecule has 5 nitrogen and oxygen atoms in total. The van der Waals surface area contributed by atoms with Gasteiger partial charge in [-0.1, -0.05) is 15.9 Å². The number of Topliss-reactive ketones (excluding diaryl/α,β-unsaturated/α-hetero) is 1. The number of hydrogen-bond acceptors (Lipinski definition) is 4. The quantitative estimate of drug-likeness (QED) is 0.525. The maximum atomic E-state index is 12.2. The molecule has 21 heavy (non-hydrogen) atoms. The summed E-state index contributed by atoms with van der Waals surface area (Å²) in [5, 5.41) is 2.78. The molecule has 6 heteroatoms. The van der Waals surface area contributed by atoms with E-state index in [2.05, 4.69) is 21.2 Å². The van der Waals surface area contributed by atoms with Crippen LogP contribution >= 0.6 is 15.9 Å². The Morgan fingerprint density at radius 2 is 2.05 bits per heavy atom. The van der Waals surface area contributed by atoms with E-state index in [-0.39, 0.29) is 24.5 Å². The number of carbonyl (C=O) groups excluding carboxylic acids is 2. The summed E-state index contributed by atoms with van der Waals surface area (Å²) in [6.07, 6.45) is 2.08. The minimum absolute atomic E-state index is 0.106. The van der Waals surface area contributed by atoms with Crippen LogP contribution < -0.4 is 15.8 Å². The van der Waals surface area contributed by atoms with E-state index < -0.39 is 0 Å². The van der Waals surface area contributed by atoms with Crippen molar-refractivity contribution in [2.24, 2.45) is 5.73 Å². The van der Waals surface area contributed by atoms with E-state index in [4.69, 9.17) is 10.5 Å². The number of rotatable bonds is 9. The number of carbonyl (C=O) groups is 2. The van der Waals surface area contributed by atoms with Gasteiger partial charge in [-0.15, -0.1) is 0 Å². The van der Waals surface area contributed by atoms with Crippen LogP contribution in [0.15, 0.2) is 22.7 Å². The van der Waals surface area contributed by atoms with Gasteiger partial charge in [-0.3, -0.25) is 9.59 Å². The van der Waals surface area contributed by atoms with Gasteiger partial charge in [-0.2, -0.15) is 0 Å². The van der Waals surface area contributed by atoms with Crippen LogP contribution in [0.1, 0.15) is 36.0 Å². The lowest BCUT2D eigenvalue weighted by molar-refractivity contribution is -0.121. The fourth-order valence-corrected chi connectivity index (χ4v) is 2.21. The van der Waals surface area contributed by atoms with E-state index in [1.165, 1.54) is 7.11 Å². The molecular formula is C15H21BrN2O3. The standard InChI is InChI=1S/C15H21BrN2O3/c1-21-14-6-4-11(16)10-12(14)13(19)5-7-15(20)18-9-3-2-8-17/h4,6,10H,2-3,5,7-9,17H2,1H3,(H,18,20). The number of methoxy groups -OCH3 is 1. The van der Waals surface area contributed by atoms with Gasteiger partial charge in [0.1, 0.15) is 5.75 Å². The molecule has 0 bridgehead atoms. The molecule has 0 unspecified atom stereocenters. The molecule has 0 atom stereocenters. The zero-order valence-electron chi connectivity index (χ0n) is 12.2. The van der Waals surface area contributed by atoms with Crippen LogP contribution in [0.25, 0.3) is 0 Å². The lowest BCUT2D eigenvalue weighted by Gasteiger charge is -2.08. The zero-order chi connectivity index (χ0) is 15.7. The predicted molar refractivity (Wildman–Crippen MR) is 85.6 cm³/mol. The molecule has 0 saturated carbocycles. The second-order valence-corrected chi connectivity index (χ2v) is 5.53. The molecule has 0 fully saturated rings. The summed E-state index contributed by atoms with van der Waals surface area (Å²) >= 11 is 3.33. The van der Waals surface area contributed by atoms with Crippen molar-refractivity contribution < 1.29 is 14.3 Å². The largest absolute Gasteiger partial charge is 0.496 e. The third-order valence-electron chi connectivity index (χ3n) is 2.99. The number of nitrogens with two attached hydrogens (primary N) is 1. The molecule has 0 aliphatic rings. The van der Waals surface area contributed by atoms with Gasteiger partial charge in [0, 0.05) is 23.9 Å². The van der Waals surface area contributed by atoms with Crippen molar-refractivity contribution >= 4 is 27.6 Å². The lowest BCUT2D eigenvalue weighted by atomic mass is 10.1. The fourth-order valence-electron chi connectivity index (χ4n) is 1.85. The Hall–Kier alpha value is -1.40. The second-order valence-electron chi connectivity index (χ2n) is 4.61.